The molecule has 4 fully saturated rings. The van der Waals surface area contributed by atoms with E-state index in [0.29, 0.717) is 30.4 Å². The van der Waals surface area contributed by atoms with Crippen molar-refractivity contribution in [2.24, 2.45) is 17.3 Å². The second-order valence-corrected chi connectivity index (χ2v) is 7.64. The quantitative estimate of drug-likeness (QED) is 0.459. The van der Waals surface area contributed by atoms with Crippen LogP contribution in [0.15, 0.2) is 12.2 Å². The van der Waals surface area contributed by atoms with Gasteiger partial charge in [0.2, 0.25) is 5.91 Å². The summed E-state index contributed by atoms with van der Waals surface area (Å²) < 4.78 is 4.99. The molecule has 2 unspecified atom stereocenters. The molecule has 5 heteroatoms. The lowest BCUT2D eigenvalue weighted by atomic mass is 9.47. The van der Waals surface area contributed by atoms with E-state index in [-0.39, 0.29) is 12.5 Å². The standard InChI is InChI=1S/C17H25NO4/c1-11(2)14(19)22-4-3-18-15(20)16-6-12-5-13(7-16)9-17(21,8-12)10-16/h12-13,21H,1,3-10H2,2H3,(H,18,20). The third-order valence-electron chi connectivity index (χ3n) is 5.48. The molecule has 4 aliphatic carbocycles. The van der Waals surface area contributed by atoms with Gasteiger partial charge in [0.1, 0.15) is 6.61 Å². The highest BCUT2D eigenvalue weighted by atomic mass is 16.5. The van der Waals surface area contributed by atoms with Crippen molar-refractivity contribution in [2.75, 3.05) is 13.2 Å². The molecule has 0 aromatic rings. The normalized spacial score (nSPS) is 38.6. The second kappa shape index (κ2) is 5.37. The SMILES string of the molecule is C=C(C)C(=O)OCCNC(=O)C12CC3CC(CC(O)(C3)C1)C2. The molecule has 122 valence electrons. The van der Waals surface area contributed by atoms with Gasteiger partial charge in [-0.25, -0.2) is 4.79 Å². The Morgan fingerprint density at radius 2 is 1.91 bits per heavy atom. The summed E-state index contributed by atoms with van der Waals surface area (Å²) in [6.45, 7) is 5.58. The first-order valence-electron chi connectivity index (χ1n) is 8.15. The summed E-state index contributed by atoms with van der Waals surface area (Å²) >= 11 is 0. The molecule has 0 heterocycles. The molecule has 5 nitrogen and oxygen atoms in total. The third kappa shape index (κ3) is 2.78. The maximum atomic E-state index is 12.6. The largest absolute Gasteiger partial charge is 0.460 e. The molecule has 2 N–H and O–H groups in total. The minimum Gasteiger partial charge on any atom is -0.460 e. The van der Waals surface area contributed by atoms with Crippen molar-refractivity contribution in [3.8, 4) is 0 Å². The van der Waals surface area contributed by atoms with Crippen LogP contribution in [0, 0.1) is 17.3 Å². The fraction of sp³-hybridized carbons (Fsp3) is 0.765. The predicted molar refractivity (Wildman–Crippen MR) is 80.8 cm³/mol. The lowest BCUT2D eigenvalue weighted by molar-refractivity contribution is -0.178. The number of rotatable bonds is 5. The fourth-order valence-corrected chi connectivity index (χ4v) is 5.10. The van der Waals surface area contributed by atoms with Gasteiger partial charge in [-0.2, -0.15) is 0 Å². The molecular formula is C17H25NO4. The fourth-order valence-electron chi connectivity index (χ4n) is 5.10. The van der Waals surface area contributed by atoms with Crippen molar-refractivity contribution in [3.63, 3.8) is 0 Å². The summed E-state index contributed by atoms with van der Waals surface area (Å²) in [5.74, 6) is 0.557. The number of amides is 1. The summed E-state index contributed by atoms with van der Waals surface area (Å²) in [5.41, 5.74) is -0.681. The molecule has 0 saturated heterocycles. The number of hydrogen-bond acceptors (Lipinski definition) is 4. The first-order chi connectivity index (χ1) is 10.3. The highest BCUT2D eigenvalue weighted by molar-refractivity contribution is 5.87. The van der Waals surface area contributed by atoms with Crippen molar-refractivity contribution < 1.29 is 19.4 Å². The maximum Gasteiger partial charge on any atom is 0.333 e. The molecule has 0 spiro atoms. The Balaban J connectivity index is 1.54. The number of carbonyl (C=O) groups is 2. The van der Waals surface area contributed by atoms with Gasteiger partial charge >= 0.3 is 5.97 Å². The van der Waals surface area contributed by atoms with Crippen LogP contribution in [0.2, 0.25) is 0 Å². The van der Waals surface area contributed by atoms with Crippen molar-refractivity contribution >= 4 is 11.9 Å². The minimum atomic E-state index is -0.631. The molecule has 4 bridgehead atoms. The number of esters is 1. The first-order valence-corrected chi connectivity index (χ1v) is 8.15. The number of aliphatic hydroxyl groups is 1. The molecule has 4 saturated carbocycles. The van der Waals surface area contributed by atoms with Gasteiger partial charge in [0.25, 0.3) is 0 Å². The van der Waals surface area contributed by atoms with Crippen molar-refractivity contribution in [1.82, 2.24) is 5.32 Å². The Bertz CT molecular complexity index is 499. The number of hydrogen-bond donors (Lipinski definition) is 2. The lowest BCUT2D eigenvalue weighted by Gasteiger charge is -2.59. The summed E-state index contributed by atoms with van der Waals surface area (Å²) in [6.07, 6.45) is 5.24. The van der Waals surface area contributed by atoms with Gasteiger partial charge < -0.3 is 15.2 Å². The van der Waals surface area contributed by atoms with E-state index >= 15 is 0 Å². The van der Waals surface area contributed by atoms with Gasteiger partial charge in [-0.15, -0.1) is 0 Å². The summed E-state index contributed by atoms with van der Waals surface area (Å²) in [5, 5.41) is 13.6. The zero-order valence-electron chi connectivity index (χ0n) is 13.2. The van der Waals surface area contributed by atoms with E-state index < -0.39 is 17.0 Å². The van der Waals surface area contributed by atoms with Gasteiger partial charge in [-0.05, 0) is 57.3 Å². The molecule has 4 rings (SSSR count). The lowest BCUT2D eigenvalue weighted by Crippen LogP contribution is -2.60. The van der Waals surface area contributed by atoms with E-state index in [1.807, 2.05) is 0 Å². The molecule has 1 amide bonds. The molecule has 0 radical (unpaired) electrons. The second-order valence-electron chi connectivity index (χ2n) is 7.64. The highest BCUT2D eigenvalue weighted by Gasteiger charge is 2.59. The number of carbonyl (C=O) groups excluding carboxylic acids is 2. The average molecular weight is 307 g/mol. The van der Waals surface area contributed by atoms with E-state index in [2.05, 4.69) is 11.9 Å². The molecule has 2 atom stereocenters. The van der Waals surface area contributed by atoms with E-state index in [0.717, 1.165) is 32.1 Å². The van der Waals surface area contributed by atoms with E-state index in [9.17, 15) is 14.7 Å². The van der Waals surface area contributed by atoms with Crippen LogP contribution >= 0.6 is 0 Å². The molecule has 0 aromatic heterocycles. The van der Waals surface area contributed by atoms with E-state index in [1.165, 1.54) is 0 Å². The molecule has 22 heavy (non-hydrogen) atoms. The maximum absolute atomic E-state index is 12.6. The predicted octanol–water partition coefficient (Wildman–Crippen LogP) is 1.55. The van der Waals surface area contributed by atoms with Gasteiger partial charge in [-0.3, -0.25) is 4.79 Å². The smallest absolute Gasteiger partial charge is 0.333 e. The Morgan fingerprint density at radius 1 is 1.27 bits per heavy atom. The van der Waals surface area contributed by atoms with Crippen LogP contribution in [0.25, 0.3) is 0 Å². The minimum absolute atomic E-state index is 0.0198. The van der Waals surface area contributed by atoms with Crippen LogP contribution in [0.5, 0.6) is 0 Å². The summed E-state index contributed by atoms with van der Waals surface area (Å²) in [4.78, 5) is 23.9. The van der Waals surface area contributed by atoms with Crippen LogP contribution in [0.1, 0.15) is 45.4 Å². The first kappa shape index (κ1) is 15.5. The van der Waals surface area contributed by atoms with Crippen molar-refractivity contribution in [1.29, 1.82) is 0 Å². The van der Waals surface area contributed by atoms with Gasteiger partial charge in [-0.1, -0.05) is 6.58 Å². The van der Waals surface area contributed by atoms with E-state index in [1.54, 1.807) is 6.92 Å². The van der Waals surface area contributed by atoms with Crippen LogP contribution in [-0.4, -0.2) is 35.7 Å². The number of ether oxygens (including phenoxy) is 1. The Hall–Kier alpha value is -1.36. The summed E-state index contributed by atoms with van der Waals surface area (Å²) in [7, 11) is 0. The Morgan fingerprint density at radius 3 is 2.45 bits per heavy atom. The molecule has 0 aliphatic heterocycles. The van der Waals surface area contributed by atoms with Gasteiger partial charge in [0.15, 0.2) is 0 Å². The van der Waals surface area contributed by atoms with Crippen LogP contribution in [-0.2, 0) is 14.3 Å². The Labute approximate surface area is 131 Å². The van der Waals surface area contributed by atoms with Crippen molar-refractivity contribution in [2.45, 2.75) is 51.0 Å². The van der Waals surface area contributed by atoms with Gasteiger partial charge in [0, 0.05) is 5.57 Å². The zero-order chi connectivity index (χ0) is 16.0. The van der Waals surface area contributed by atoms with Crippen molar-refractivity contribution in [3.05, 3.63) is 12.2 Å². The summed E-state index contributed by atoms with van der Waals surface area (Å²) in [6, 6.07) is 0. The van der Waals surface area contributed by atoms with Crippen LogP contribution in [0.3, 0.4) is 0 Å². The average Bonchev–Trinajstić information content (AvgIpc) is 2.40. The van der Waals surface area contributed by atoms with Crippen LogP contribution in [0.4, 0.5) is 0 Å². The van der Waals surface area contributed by atoms with Crippen LogP contribution < -0.4 is 5.32 Å². The topological polar surface area (TPSA) is 75.6 Å². The molecule has 0 aromatic carbocycles. The van der Waals surface area contributed by atoms with Gasteiger partial charge in [0.05, 0.1) is 17.6 Å². The zero-order valence-corrected chi connectivity index (χ0v) is 13.2. The molecule has 4 aliphatic rings. The monoisotopic (exact) mass is 307 g/mol. The Kier molecular flexibility index (Phi) is 3.79. The van der Waals surface area contributed by atoms with E-state index in [4.69, 9.17) is 4.74 Å². The molecular weight excluding hydrogens is 282 g/mol. The number of nitrogens with one attached hydrogen (secondary N) is 1. The highest BCUT2D eigenvalue weighted by Crippen LogP contribution is 2.61. The third-order valence-corrected chi connectivity index (χ3v) is 5.48.